The summed E-state index contributed by atoms with van der Waals surface area (Å²) in [6.45, 7) is 2.44. The van der Waals surface area contributed by atoms with Crippen LogP contribution in [-0.4, -0.2) is 30.8 Å². The molecule has 2 aromatic rings. The van der Waals surface area contributed by atoms with Crippen molar-refractivity contribution in [3.8, 4) is 11.5 Å². The van der Waals surface area contributed by atoms with Gasteiger partial charge in [0.05, 0.1) is 19.9 Å². The third-order valence-electron chi connectivity index (χ3n) is 2.81. The van der Waals surface area contributed by atoms with Crippen LogP contribution in [0, 0.1) is 0 Å². The SMILES string of the molecule is CCOc1cc(/C=N\NC(=O)c2ccncc2)ccc1OC. The molecule has 1 heterocycles. The molecule has 0 saturated carbocycles. The molecule has 114 valence electrons. The maximum Gasteiger partial charge on any atom is 0.271 e. The molecule has 0 radical (unpaired) electrons. The number of rotatable bonds is 6. The van der Waals surface area contributed by atoms with Crippen molar-refractivity contribution >= 4 is 12.1 Å². The maximum absolute atomic E-state index is 11.8. The molecule has 1 N–H and O–H groups in total. The Labute approximate surface area is 128 Å². The van der Waals surface area contributed by atoms with Gasteiger partial charge in [0.2, 0.25) is 0 Å². The molecule has 0 spiro atoms. The van der Waals surface area contributed by atoms with Crippen LogP contribution in [0.3, 0.4) is 0 Å². The van der Waals surface area contributed by atoms with Gasteiger partial charge in [-0.3, -0.25) is 9.78 Å². The minimum absolute atomic E-state index is 0.294. The third-order valence-corrected chi connectivity index (χ3v) is 2.81. The number of benzene rings is 1. The highest BCUT2D eigenvalue weighted by Crippen LogP contribution is 2.27. The molecule has 0 aliphatic rings. The Kier molecular flexibility index (Phi) is 5.48. The number of amides is 1. The summed E-state index contributed by atoms with van der Waals surface area (Å²) in [5.74, 6) is 0.992. The number of ether oxygens (including phenoxy) is 2. The monoisotopic (exact) mass is 299 g/mol. The number of nitrogens with one attached hydrogen (secondary N) is 1. The Morgan fingerprint density at radius 1 is 1.27 bits per heavy atom. The van der Waals surface area contributed by atoms with Crippen LogP contribution < -0.4 is 14.9 Å². The molecule has 0 bridgehead atoms. The van der Waals surface area contributed by atoms with Crippen molar-refractivity contribution in [2.45, 2.75) is 6.92 Å². The van der Waals surface area contributed by atoms with Crippen LogP contribution in [0.5, 0.6) is 11.5 Å². The van der Waals surface area contributed by atoms with Gasteiger partial charge in [0.25, 0.3) is 5.91 Å². The van der Waals surface area contributed by atoms with Gasteiger partial charge in [-0.25, -0.2) is 5.43 Å². The van der Waals surface area contributed by atoms with E-state index in [1.807, 2.05) is 13.0 Å². The van der Waals surface area contributed by atoms with Crippen molar-refractivity contribution in [3.63, 3.8) is 0 Å². The summed E-state index contributed by atoms with van der Waals surface area (Å²) in [6.07, 6.45) is 4.65. The number of hydrazone groups is 1. The molecule has 0 fully saturated rings. The molecule has 1 amide bonds. The van der Waals surface area contributed by atoms with Crippen LogP contribution >= 0.6 is 0 Å². The average molecular weight is 299 g/mol. The van der Waals surface area contributed by atoms with Crippen LogP contribution in [0.15, 0.2) is 47.8 Å². The number of methoxy groups -OCH3 is 1. The summed E-state index contributed by atoms with van der Waals surface area (Å²) in [7, 11) is 1.58. The first-order chi connectivity index (χ1) is 10.7. The Hall–Kier alpha value is -2.89. The van der Waals surface area contributed by atoms with Crippen molar-refractivity contribution in [3.05, 3.63) is 53.9 Å². The molecule has 22 heavy (non-hydrogen) atoms. The third kappa shape index (κ3) is 4.05. The Balaban J connectivity index is 2.04. The average Bonchev–Trinajstić information content (AvgIpc) is 2.56. The lowest BCUT2D eigenvalue weighted by atomic mass is 10.2. The number of carbonyl (C=O) groups excluding carboxylic acids is 1. The summed E-state index contributed by atoms with van der Waals surface area (Å²) >= 11 is 0. The van der Waals surface area contributed by atoms with E-state index in [0.29, 0.717) is 23.7 Å². The largest absolute Gasteiger partial charge is 0.493 e. The summed E-state index contributed by atoms with van der Waals surface area (Å²) in [5, 5.41) is 3.93. The molecule has 6 heteroatoms. The minimum Gasteiger partial charge on any atom is -0.493 e. The normalized spacial score (nSPS) is 10.5. The van der Waals surface area contributed by atoms with E-state index in [0.717, 1.165) is 5.56 Å². The molecular weight excluding hydrogens is 282 g/mol. The lowest BCUT2D eigenvalue weighted by Crippen LogP contribution is -2.17. The fourth-order valence-electron chi connectivity index (χ4n) is 1.78. The van der Waals surface area contributed by atoms with E-state index in [4.69, 9.17) is 9.47 Å². The van der Waals surface area contributed by atoms with Gasteiger partial charge < -0.3 is 9.47 Å². The van der Waals surface area contributed by atoms with Crippen LogP contribution in [0.25, 0.3) is 0 Å². The van der Waals surface area contributed by atoms with Gasteiger partial charge in [-0.05, 0) is 42.8 Å². The summed E-state index contributed by atoms with van der Waals surface area (Å²) in [5.41, 5.74) is 3.75. The first-order valence-electron chi connectivity index (χ1n) is 6.79. The molecule has 0 saturated heterocycles. The highest BCUT2D eigenvalue weighted by atomic mass is 16.5. The molecule has 2 rings (SSSR count). The Morgan fingerprint density at radius 3 is 2.73 bits per heavy atom. The second-order valence-corrected chi connectivity index (χ2v) is 4.28. The molecule has 0 aliphatic carbocycles. The van der Waals surface area contributed by atoms with Gasteiger partial charge in [-0.2, -0.15) is 5.10 Å². The minimum atomic E-state index is -0.294. The molecule has 1 aromatic heterocycles. The predicted molar refractivity (Wildman–Crippen MR) is 83.5 cm³/mol. The van der Waals surface area contributed by atoms with E-state index in [1.54, 1.807) is 50.0 Å². The van der Waals surface area contributed by atoms with Crippen LogP contribution in [-0.2, 0) is 0 Å². The lowest BCUT2D eigenvalue weighted by Gasteiger charge is -2.09. The zero-order valence-electron chi connectivity index (χ0n) is 12.4. The van der Waals surface area contributed by atoms with E-state index in [-0.39, 0.29) is 5.91 Å². The van der Waals surface area contributed by atoms with Crippen LogP contribution in [0.2, 0.25) is 0 Å². The number of nitrogens with zero attached hydrogens (tertiary/aromatic N) is 2. The number of hydrogen-bond donors (Lipinski definition) is 1. The fraction of sp³-hybridized carbons (Fsp3) is 0.188. The lowest BCUT2D eigenvalue weighted by molar-refractivity contribution is 0.0955. The highest BCUT2D eigenvalue weighted by molar-refractivity contribution is 5.94. The maximum atomic E-state index is 11.8. The van der Waals surface area contributed by atoms with Gasteiger partial charge in [0, 0.05) is 18.0 Å². The van der Waals surface area contributed by atoms with E-state index in [2.05, 4.69) is 15.5 Å². The van der Waals surface area contributed by atoms with Crippen molar-refractivity contribution in [2.75, 3.05) is 13.7 Å². The van der Waals surface area contributed by atoms with Gasteiger partial charge in [0.1, 0.15) is 0 Å². The van der Waals surface area contributed by atoms with Gasteiger partial charge in [-0.1, -0.05) is 0 Å². The van der Waals surface area contributed by atoms with E-state index >= 15 is 0 Å². The number of carbonyl (C=O) groups is 1. The van der Waals surface area contributed by atoms with Crippen LogP contribution in [0.1, 0.15) is 22.8 Å². The fourth-order valence-corrected chi connectivity index (χ4v) is 1.78. The number of hydrogen-bond acceptors (Lipinski definition) is 5. The van der Waals surface area contributed by atoms with Crippen LogP contribution in [0.4, 0.5) is 0 Å². The molecule has 1 aromatic carbocycles. The van der Waals surface area contributed by atoms with Crippen molar-refractivity contribution in [1.82, 2.24) is 10.4 Å². The highest BCUT2D eigenvalue weighted by Gasteiger charge is 2.05. The molecule has 6 nitrogen and oxygen atoms in total. The second-order valence-electron chi connectivity index (χ2n) is 4.28. The van der Waals surface area contributed by atoms with Gasteiger partial charge in [0.15, 0.2) is 11.5 Å². The van der Waals surface area contributed by atoms with E-state index < -0.39 is 0 Å². The first-order valence-corrected chi connectivity index (χ1v) is 6.79. The molecule has 0 atom stereocenters. The Bertz CT molecular complexity index is 657. The zero-order chi connectivity index (χ0) is 15.8. The number of pyridine rings is 1. The van der Waals surface area contributed by atoms with Gasteiger partial charge in [-0.15, -0.1) is 0 Å². The van der Waals surface area contributed by atoms with E-state index in [1.165, 1.54) is 0 Å². The topological polar surface area (TPSA) is 72.8 Å². The molecule has 0 aliphatic heterocycles. The summed E-state index contributed by atoms with van der Waals surface area (Å²) in [6, 6.07) is 8.64. The smallest absolute Gasteiger partial charge is 0.271 e. The summed E-state index contributed by atoms with van der Waals surface area (Å²) in [4.78, 5) is 15.7. The van der Waals surface area contributed by atoms with Crippen molar-refractivity contribution in [1.29, 1.82) is 0 Å². The molecular formula is C16H17N3O3. The van der Waals surface area contributed by atoms with E-state index in [9.17, 15) is 4.79 Å². The zero-order valence-corrected chi connectivity index (χ0v) is 12.4. The summed E-state index contributed by atoms with van der Waals surface area (Å²) < 4.78 is 10.7. The van der Waals surface area contributed by atoms with Crippen molar-refractivity contribution in [2.24, 2.45) is 5.10 Å². The Morgan fingerprint density at radius 2 is 2.05 bits per heavy atom. The number of aromatic nitrogens is 1. The quantitative estimate of drug-likeness (QED) is 0.656. The molecule has 0 unspecified atom stereocenters. The second kappa shape index (κ2) is 7.78. The predicted octanol–water partition coefficient (Wildman–Crippen LogP) is 2.25. The first kappa shape index (κ1) is 15.5. The van der Waals surface area contributed by atoms with Crippen molar-refractivity contribution < 1.29 is 14.3 Å². The van der Waals surface area contributed by atoms with Gasteiger partial charge >= 0.3 is 0 Å². The standard InChI is InChI=1S/C16H17N3O3/c1-3-22-15-10-12(4-5-14(15)21-2)11-18-19-16(20)13-6-8-17-9-7-13/h4-11H,3H2,1-2H3,(H,19,20)/b18-11-.